The fraction of sp³-hybridized carbons (Fsp3) is 0.286. The highest BCUT2D eigenvalue weighted by Gasteiger charge is 2.42. The topological polar surface area (TPSA) is 37.3 Å². The number of rotatable bonds is 2. The number of benzene rings is 1. The number of hydrogen-bond donors (Lipinski definition) is 1. The molecule has 1 aromatic carbocycles. The SMILES string of the molecule is O=C(Cc1cccs1)N1CCC2(CC1)Nc1cc(F)ccc1-n1cccc12. The fourth-order valence-electron chi connectivity index (χ4n) is 4.31. The molecule has 4 heterocycles. The molecule has 2 aromatic heterocycles. The van der Waals surface area contributed by atoms with Crippen LogP contribution in [0.4, 0.5) is 10.1 Å². The molecular formula is C21H20FN3OS. The molecule has 1 saturated heterocycles. The number of carbonyl (C=O) groups excluding carboxylic acids is 1. The zero-order valence-electron chi connectivity index (χ0n) is 14.8. The van der Waals surface area contributed by atoms with Gasteiger partial charge in [0.1, 0.15) is 5.82 Å². The zero-order chi connectivity index (χ0) is 18.4. The quantitative estimate of drug-likeness (QED) is 0.724. The van der Waals surface area contributed by atoms with Crippen LogP contribution in [0.3, 0.4) is 0 Å². The van der Waals surface area contributed by atoms with Crippen molar-refractivity contribution >= 4 is 22.9 Å². The number of fused-ring (bicyclic) bond motifs is 4. The molecule has 4 nitrogen and oxygen atoms in total. The number of thiophene rings is 1. The predicted molar refractivity (Wildman–Crippen MR) is 105 cm³/mol. The van der Waals surface area contributed by atoms with E-state index in [2.05, 4.69) is 16.0 Å². The van der Waals surface area contributed by atoms with Crippen molar-refractivity contribution in [3.63, 3.8) is 0 Å². The number of anilines is 1. The Balaban J connectivity index is 1.39. The van der Waals surface area contributed by atoms with Crippen molar-refractivity contribution in [2.24, 2.45) is 0 Å². The third-order valence-corrected chi connectivity index (χ3v) is 6.58. The average molecular weight is 381 g/mol. The van der Waals surface area contributed by atoms with Gasteiger partial charge in [-0.25, -0.2) is 4.39 Å². The molecule has 5 rings (SSSR count). The van der Waals surface area contributed by atoms with Crippen molar-refractivity contribution in [2.75, 3.05) is 18.4 Å². The van der Waals surface area contributed by atoms with Crippen LogP contribution in [0.15, 0.2) is 54.0 Å². The highest BCUT2D eigenvalue weighted by atomic mass is 32.1. The number of aromatic nitrogens is 1. The Hall–Kier alpha value is -2.60. The molecule has 6 heteroatoms. The molecule has 0 bridgehead atoms. The number of nitrogens with zero attached hydrogens (tertiary/aromatic N) is 2. The average Bonchev–Trinajstić information content (AvgIpc) is 3.34. The first-order chi connectivity index (χ1) is 13.1. The first kappa shape index (κ1) is 16.6. The number of likely N-dealkylation sites (tertiary alicyclic amines) is 1. The molecule has 1 spiro atoms. The number of halogens is 1. The Morgan fingerprint density at radius 3 is 2.81 bits per heavy atom. The van der Waals surface area contributed by atoms with E-state index in [0.29, 0.717) is 19.5 Å². The Bertz CT molecular complexity index is 987. The van der Waals surface area contributed by atoms with Crippen LogP contribution < -0.4 is 5.32 Å². The van der Waals surface area contributed by atoms with E-state index in [0.717, 1.165) is 29.1 Å². The van der Waals surface area contributed by atoms with Gasteiger partial charge < -0.3 is 14.8 Å². The molecule has 0 radical (unpaired) electrons. The standard InChI is InChI=1S/C21H20FN3OS/c22-15-5-6-18-17(13-15)23-21(19-4-1-9-25(18)19)7-10-24(11-8-21)20(26)14-16-3-2-12-27-16/h1-6,9,12-13,23H,7-8,10-11,14H2. The summed E-state index contributed by atoms with van der Waals surface area (Å²) in [6.45, 7) is 1.40. The van der Waals surface area contributed by atoms with E-state index < -0.39 is 0 Å². The van der Waals surface area contributed by atoms with Crippen LogP contribution in [0.2, 0.25) is 0 Å². The van der Waals surface area contributed by atoms with Gasteiger partial charge in [0.2, 0.25) is 5.91 Å². The van der Waals surface area contributed by atoms with E-state index in [1.54, 1.807) is 17.4 Å². The first-order valence-electron chi connectivity index (χ1n) is 9.21. The zero-order valence-corrected chi connectivity index (χ0v) is 15.6. The van der Waals surface area contributed by atoms with Crippen LogP contribution in [-0.2, 0) is 16.8 Å². The second kappa shape index (κ2) is 6.23. The molecular weight excluding hydrogens is 361 g/mol. The van der Waals surface area contributed by atoms with E-state index in [1.807, 2.05) is 40.7 Å². The fourth-order valence-corrected chi connectivity index (χ4v) is 5.01. The summed E-state index contributed by atoms with van der Waals surface area (Å²) in [5.74, 6) is -0.0551. The van der Waals surface area contributed by atoms with Gasteiger partial charge in [-0.1, -0.05) is 6.07 Å². The van der Waals surface area contributed by atoms with Crippen LogP contribution >= 0.6 is 11.3 Å². The second-order valence-electron chi connectivity index (χ2n) is 7.27. The molecule has 1 fully saturated rings. The maximum Gasteiger partial charge on any atom is 0.227 e. The second-order valence-corrected chi connectivity index (χ2v) is 8.30. The summed E-state index contributed by atoms with van der Waals surface area (Å²) < 4.78 is 15.9. The summed E-state index contributed by atoms with van der Waals surface area (Å²) >= 11 is 1.62. The smallest absolute Gasteiger partial charge is 0.227 e. The van der Waals surface area contributed by atoms with Crippen LogP contribution in [0.1, 0.15) is 23.4 Å². The lowest BCUT2D eigenvalue weighted by atomic mass is 9.82. The number of carbonyl (C=O) groups is 1. The number of amides is 1. The van der Waals surface area contributed by atoms with Gasteiger partial charge in [-0.15, -0.1) is 11.3 Å². The van der Waals surface area contributed by atoms with Gasteiger partial charge in [0.15, 0.2) is 0 Å². The molecule has 0 aliphatic carbocycles. The minimum absolute atomic E-state index is 0.185. The molecule has 1 amide bonds. The molecule has 27 heavy (non-hydrogen) atoms. The van der Waals surface area contributed by atoms with E-state index >= 15 is 0 Å². The highest BCUT2D eigenvalue weighted by Crippen LogP contribution is 2.43. The third kappa shape index (κ3) is 2.75. The predicted octanol–water partition coefficient (Wildman–Crippen LogP) is 4.16. The molecule has 2 aliphatic rings. The Morgan fingerprint density at radius 2 is 2.04 bits per heavy atom. The molecule has 0 unspecified atom stereocenters. The van der Waals surface area contributed by atoms with Crippen LogP contribution in [0, 0.1) is 5.82 Å². The van der Waals surface area contributed by atoms with Gasteiger partial charge in [0.25, 0.3) is 0 Å². The van der Waals surface area contributed by atoms with Crippen LogP contribution in [0.25, 0.3) is 5.69 Å². The first-order valence-corrected chi connectivity index (χ1v) is 10.1. The minimum atomic E-state index is -0.260. The van der Waals surface area contributed by atoms with Crippen molar-refractivity contribution in [3.8, 4) is 5.69 Å². The van der Waals surface area contributed by atoms with Crippen molar-refractivity contribution in [3.05, 3.63) is 70.4 Å². The molecule has 2 aliphatic heterocycles. The monoisotopic (exact) mass is 381 g/mol. The van der Waals surface area contributed by atoms with Gasteiger partial charge in [0, 0.05) is 29.9 Å². The Kier molecular flexibility index (Phi) is 3.82. The van der Waals surface area contributed by atoms with Gasteiger partial charge in [0.05, 0.1) is 23.3 Å². The van der Waals surface area contributed by atoms with E-state index in [4.69, 9.17) is 0 Å². The van der Waals surface area contributed by atoms with Crippen LogP contribution in [-0.4, -0.2) is 28.5 Å². The lowest BCUT2D eigenvalue weighted by Gasteiger charge is -2.46. The number of piperidine rings is 1. The van der Waals surface area contributed by atoms with Crippen molar-refractivity contribution in [1.29, 1.82) is 0 Å². The maximum absolute atomic E-state index is 13.8. The molecule has 3 aromatic rings. The molecule has 0 saturated carbocycles. The number of hydrogen-bond acceptors (Lipinski definition) is 3. The van der Waals surface area contributed by atoms with Gasteiger partial charge in [-0.05, 0) is 54.6 Å². The summed E-state index contributed by atoms with van der Waals surface area (Å²) in [6, 6.07) is 13.0. The van der Waals surface area contributed by atoms with E-state index in [1.165, 1.54) is 11.8 Å². The summed E-state index contributed by atoms with van der Waals surface area (Å²) in [7, 11) is 0. The summed E-state index contributed by atoms with van der Waals surface area (Å²) in [5, 5.41) is 5.61. The summed E-state index contributed by atoms with van der Waals surface area (Å²) in [4.78, 5) is 15.7. The summed E-state index contributed by atoms with van der Waals surface area (Å²) in [6.07, 6.45) is 4.12. The summed E-state index contributed by atoms with van der Waals surface area (Å²) in [5.41, 5.74) is 2.71. The highest BCUT2D eigenvalue weighted by molar-refractivity contribution is 7.10. The van der Waals surface area contributed by atoms with Crippen molar-refractivity contribution < 1.29 is 9.18 Å². The van der Waals surface area contributed by atoms with Gasteiger partial charge in [-0.2, -0.15) is 0 Å². The molecule has 1 N–H and O–H groups in total. The van der Waals surface area contributed by atoms with E-state index in [9.17, 15) is 9.18 Å². The largest absolute Gasteiger partial charge is 0.372 e. The normalized spacial score (nSPS) is 17.3. The van der Waals surface area contributed by atoms with Gasteiger partial charge in [-0.3, -0.25) is 4.79 Å². The lowest BCUT2D eigenvalue weighted by Crippen LogP contribution is -2.51. The lowest BCUT2D eigenvalue weighted by molar-refractivity contribution is -0.131. The Morgan fingerprint density at radius 1 is 1.19 bits per heavy atom. The number of nitrogens with one attached hydrogen (secondary N) is 1. The molecule has 0 atom stereocenters. The van der Waals surface area contributed by atoms with Gasteiger partial charge >= 0.3 is 0 Å². The van der Waals surface area contributed by atoms with Crippen molar-refractivity contribution in [2.45, 2.75) is 24.8 Å². The molecule has 138 valence electrons. The van der Waals surface area contributed by atoms with Crippen molar-refractivity contribution in [1.82, 2.24) is 9.47 Å². The Labute approximate surface area is 161 Å². The maximum atomic E-state index is 13.8. The van der Waals surface area contributed by atoms with Crippen LogP contribution in [0.5, 0.6) is 0 Å². The minimum Gasteiger partial charge on any atom is -0.372 e. The van der Waals surface area contributed by atoms with E-state index in [-0.39, 0.29) is 17.3 Å². The third-order valence-electron chi connectivity index (χ3n) is 5.71.